The van der Waals surface area contributed by atoms with Crippen molar-refractivity contribution in [3.05, 3.63) is 23.8 Å². The lowest BCUT2D eigenvalue weighted by atomic mass is 9.80. The Morgan fingerprint density at radius 3 is 2.94 bits per heavy atom. The van der Waals surface area contributed by atoms with Gasteiger partial charge in [-0.2, -0.15) is 0 Å². The van der Waals surface area contributed by atoms with E-state index in [2.05, 4.69) is 17.4 Å². The Labute approximate surface area is 110 Å². The predicted octanol–water partition coefficient (Wildman–Crippen LogP) is 1.25. The average molecular weight is 264 g/mol. The highest BCUT2D eigenvalue weighted by Crippen LogP contribution is 2.35. The summed E-state index contributed by atoms with van der Waals surface area (Å²) in [5, 5.41) is 2.88. The van der Waals surface area contributed by atoms with E-state index >= 15 is 0 Å². The van der Waals surface area contributed by atoms with Crippen LogP contribution in [-0.4, -0.2) is 31.4 Å². The van der Waals surface area contributed by atoms with Gasteiger partial charge in [0.05, 0.1) is 24.7 Å². The predicted molar refractivity (Wildman–Crippen MR) is 71.8 cm³/mol. The van der Waals surface area contributed by atoms with Crippen molar-refractivity contribution in [2.24, 2.45) is 11.1 Å². The van der Waals surface area contributed by atoms with E-state index in [1.165, 1.54) is 5.56 Å². The second-order valence-corrected chi connectivity index (χ2v) is 6.06. The van der Waals surface area contributed by atoms with Crippen LogP contribution in [0.5, 0.6) is 0 Å². The minimum Gasteiger partial charge on any atom is -0.380 e. The van der Waals surface area contributed by atoms with Gasteiger partial charge < -0.3 is 15.8 Å². The summed E-state index contributed by atoms with van der Waals surface area (Å²) in [4.78, 5) is 12.4. The molecule has 2 aliphatic rings. The lowest BCUT2D eigenvalue weighted by Crippen LogP contribution is -2.49. The molecule has 1 saturated heterocycles. The van der Waals surface area contributed by atoms with Crippen molar-refractivity contribution in [1.82, 2.24) is 0 Å². The van der Waals surface area contributed by atoms with Crippen LogP contribution in [0, 0.1) is 5.41 Å². The van der Waals surface area contributed by atoms with Crippen molar-refractivity contribution in [1.29, 1.82) is 0 Å². The number of fused-ring (bicyclic) bond motifs is 1. The SMILES string of the molecule is NCC1(Cc2ccc3c(c2)SCC(=O)N3)COC1. The highest BCUT2D eigenvalue weighted by Gasteiger charge is 2.37. The van der Waals surface area contributed by atoms with Gasteiger partial charge in [0, 0.05) is 16.9 Å². The largest absolute Gasteiger partial charge is 0.380 e. The average Bonchev–Trinajstić information content (AvgIpc) is 2.34. The first kappa shape index (κ1) is 12.0. The third-order valence-corrected chi connectivity index (χ3v) is 4.56. The Morgan fingerprint density at radius 1 is 1.44 bits per heavy atom. The molecular formula is C13H16N2O2S. The van der Waals surface area contributed by atoms with Crippen LogP contribution >= 0.6 is 11.8 Å². The van der Waals surface area contributed by atoms with Gasteiger partial charge in [-0.05, 0) is 24.1 Å². The maximum absolute atomic E-state index is 11.3. The van der Waals surface area contributed by atoms with Crippen LogP contribution in [0.15, 0.2) is 23.1 Å². The number of hydrogen-bond acceptors (Lipinski definition) is 4. The van der Waals surface area contributed by atoms with Gasteiger partial charge in [-0.1, -0.05) is 6.07 Å². The molecule has 4 nitrogen and oxygen atoms in total. The van der Waals surface area contributed by atoms with Crippen LogP contribution in [-0.2, 0) is 16.0 Å². The number of benzene rings is 1. The molecule has 1 fully saturated rings. The number of thioether (sulfide) groups is 1. The van der Waals surface area contributed by atoms with Gasteiger partial charge in [0.1, 0.15) is 0 Å². The minimum atomic E-state index is 0.0751. The van der Waals surface area contributed by atoms with Gasteiger partial charge in [-0.15, -0.1) is 11.8 Å². The summed E-state index contributed by atoms with van der Waals surface area (Å²) in [6.45, 7) is 2.17. The fourth-order valence-corrected chi connectivity index (χ4v) is 3.21. The van der Waals surface area contributed by atoms with Crippen molar-refractivity contribution in [2.75, 3.05) is 30.8 Å². The first-order chi connectivity index (χ1) is 8.71. The van der Waals surface area contributed by atoms with E-state index in [0.717, 1.165) is 30.2 Å². The fraction of sp³-hybridized carbons (Fsp3) is 0.462. The van der Waals surface area contributed by atoms with Crippen LogP contribution in [0.1, 0.15) is 5.56 Å². The molecule has 0 saturated carbocycles. The summed E-state index contributed by atoms with van der Waals surface area (Å²) in [6.07, 6.45) is 0.950. The number of nitrogens with one attached hydrogen (secondary N) is 1. The van der Waals surface area contributed by atoms with Crippen molar-refractivity contribution in [3.63, 3.8) is 0 Å². The molecule has 2 aliphatic heterocycles. The zero-order valence-electron chi connectivity index (χ0n) is 10.1. The molecule has 0 spiro atoms. The fourth-order valence-electron chi connectivity index (χ4n) is 2.34. The number of rotatable bonds is 3. The second kappa shape index (κ2) is 4.57. The van der Waals surface area contributed by atoms with Gasteiger partial charge >= 0.3 is 0 Å². The normalized spacial score (nSPS) is 20.8. The summed E-state index contributed by atoms with van der Waals surface area (Å²) < 4.78 is 5.29. The number of ether oxygens (including phenoxy) is 1. The maximum atomic E-state index is 11.3. The van der Waals surface area contributed by atoms with Crippen molar-refractivity contribution in [3.8, 4) is 0 Å². The molecular weight excluding hydrogens is 248 g/mol. The molecule has 18 heavy (non-hydrogen) atoms. The Balaban J connectivity index is 1.80. The Bertz CT molecular complexity index is 480. The zero-order chi connectivity index (χ0) is 12.6. The van der Waals surface area contributed by atoms with E-state index < -0.39 is 0 Å². The summed E-state index contributed by atoms with van der Waals surface area (Å²) in [5.74, 6) is 0.577. The second-order valence-electron chi connectivity index (χ2n) is 5.04. The van der Waals surface area contributed by atoms with Crippen LogP contribution in [0.2, 0.25) is 0 Å². The molecule has 3 rings (SSSR count). The molecule has 1 amide bonds. The molecule has 1 aromatic carbocycles. The number of hydrogen-bond donors (Lipinski definition) is 2. The van der Waals surface area contributed by atoms with E-state index in [1.807, 2.05) is 6.07 Å². The molecule has 0 atom stereocenters. The van der Waals surface area contributed by atoms with Crippen LogP contribution in [0.4, 0.5) is 5.69 Å². The highest BCUT2D eigenvalue weighted by molar-refractivity contribution is 8.00. The third-order valence-electron chi connectivity index (χ3n) is 3.51. The standard InChI is InChI=1S/C13H16N2O2S/c14-6-13(7-17-8-13)4-9-1-2-10-11(3-9)18-5-12(16)15-10/h1-3H,4-8,14H2,(H,15,16). The quantitative estimate of drug-likeness (QED) is 0.862. The lowest BCUT2D eigenvalue weighted by molar-refractivity contribution is -0.113. The van der Waals surface area contributed by atoms with Crippen LogP contribution < -0.4 is 11.1 Å². The summed E-state index contributed by atoms with van der Waals surface area (Å²) in [6, 6.07) is 6.22. The maximum Gasteiger partial charge on any atom is 0.234 e. The molecule has 5 heteroatoms. The van der Waals surface area contributed by atoms with E-state index in [-0.39, 0.29) is 11.3 Å². The van der Waals surface area contributed by atoms with Gasteiger partial charge in [0.25, 0.3) is 0 Å². The number of amides is 1. The third kappa shape index (κ3) is 2.13. The molecule has 96 valence electrons. The molecule has 0 bridgehead atoms. The van der Waals surface area contributed by atoms with Gasteiger partial charge in [0.2, 0.25) is 5.91 Å². The van der Waals surface area contributed by atoms with Gasteiger partial charge in [-0.25, -0.2) is 0 Å². The number of carbonyl (C=O) groups is 1. The van der Waals surface area contributed by atoms with E-state index in [1.54, 1.807) is 11.8 Å². The lowest BCUT2D eigenvalue weighted by Gasteiger charge is -2.40. The molecule has 0 unspecified atom stereocenters. The topological polar surface area (TPSA) is 64.4 Å². The van der Waals surface area contributed by atoms with Crippen molar-refractivity contribution >= 4 is 23.4 Å². The summed E-state index contributed by atoms with van der Waals surface area (Å²) >= 11 is 1.60. The Hall–Kier alpha value is -1.04. The monoisotopic (exact) mass is 264 g/mol. The molecule has 3 N–H and O–H groups in total. The van der Waals surface area contributed by atoms with Crippen molar-refractivity contribution < 1.29 is 9.53 Å². The minimum absolute atomic E-state index is 0.0751. The summed E-state index contributed by atoms with van der Waals surface area (Å²) in [7, 11) is 0. The number of nitrogens with two attached hydrogens (primary N) is 1. The first-order valence-electron chi connectivity index (χ1n) is 6.04. The van der Waals surface area contributed by atoms with E-state index in [9.17, 15) is 4.79 Å². The Morgan fingerprint density at radius 2 is 2.28 bits per heavy atom. The highest BCUT2D eigenvalue weighted by atomic mass is 32.2. The summed E-state index contributed by atoms with van der Waals surface area (Å²) in [5.41, 5.74) is 8.14. The van der Waals surface area contributed by atoms with E-state index in [4.69, 9.17) is 10.5 Å². The molecule has 0 radical (unpaired) electrons. The first-order valence-corrected chi connectivity index (χ1v) is 7.03. The smallest absolute Gasteiger partial charge is 0.234 e. The number of anilines is 1. The molecule has 0 aromatic heterocycles. The Kier molecular flexibility index (Phi) is 3.05. The van der Waals surface area contributed by atoms with Crippen LogP contribution in [0.3, 0.4) is 0 Å². The van der Waals surface area contributed by atoms with E-state index in [0.29, 0.717) is 12.3 Å². The number of carbonyl (C=O) groups excluding carboxylic acids is 1. The molecule has 0 aliphatic carbocycles. The van der Waals surface area contributed by atoms with Gasteiger partial charge in [-0.3, -0.25) is 4.79 Å². The molecule has 2 heterocycles. The van der Waals surface area contributed by atoms with Gasteiger partial charge in [0.15, 0.2) is 0 Å². The van der Waals surface area contributed by atoms with Crippen LogP contribution in [0.25, 0.3) is 0 Å². The zero-order valence-corrected chi connectivity index (χ0v) is 10.9. The molecule has 1 aromatic rings. The van der Waals surface area contributed by atoms with Crippen molar-refractivity contribution in [2.45, 2.75) is 11.3 Å².